The number of hydrogen-bond donors (Lipinski definition) is 3. The topological polar surface area (TPSA) is 79.5 Å². The van der Waals surface area contributed by atoms with Crippen molar-refractivity contribution in [2.45, 2.75) is 12.5 Å². The van der Waals surface area contributed by atoms with Crippen LogP contribution >= 0.6 is 0 Å². The minimum absolute atomic E-state index is 0.0269. The number of fused-ring (bicyclic) bond motifs is 2. The molecule has 2 heterocycles. The van der Waals surface area contributed by atoms with Crippen molar-refractivity contribution >= 4 is 17.5 Å². The summed E-state index contributed by atoms with van der Waals surface area (Å²) in [6.07, 6.45) is 1.01. The van der Waals surface area contributed by atoms with E-state index in [2.05, 4.69) is 28.1 Å². The monoisotopic (exact) mass is 337 g/mol. The van der Waals surface area contributed by atoms with Gasteiger partial charge in [-0.3, -0.25) is 9.59 Å². The van der Waals surface area contributed by atoms with E-state index < -0.39 is 0 Å². The molecule has 0 saturated carbocycles. The van der Waals surface area contributed by atoms with E-state index in [9.17, 15) is 9.59 Å². The summed E-state index contributed by atoms with van der Waals surface area (Å²) in [7, 11) is 0. The third-order valence-electron chi connectivity index (χ3n) is 4.56. The molecule has 0 saturated heterocycles. The van der Waals surface area contributed by atoms with Crippen LogP contribution in [0.5, 0.6) is 5.75 Å². The molecule has 2 aliphatic heterocycles. The first-order valence-corrected chi connectivity index (χ1v) is 8.37. The molecule has 0 spiro atoms. The number of nitrogens with one attached hydrogen (secondary N) is 3. The lowest BCUT2D eigenvalue weighted by Gasteiger charge is -2.27. The largest absolute Gasteiger partial charge is 0.482 e. The molecule has 0 fully saturated rings. The lowest BCUT2D eigenvalue weighted by Crippen LogP contribution is -2.38. The van der Waals surface area contributed by atoms with Crippen molar-refractivity contribution < 1.29 is 14.3 Å². The molecule has 0 radical (unpaired) electrons. The van der Waals surface area contributed by atoms with Crippen LogP contribution < -0.4 is 20.7 Å². The van der Waals surface area contributed by atoms with Gasteiger partial charge in [0.15, 0.2) is 6.61 Å². The number of carbonyl (C=O) groups excluding carboxylic acids is 2. The van der Waals surface area contributed by atoms with E-state index in [0.29, 0.717) is 23.5 Å². The smallest absolute Gasteiger partial charge is 0.262 e. The SMILES string of the molecule is O=C1COc2cc(C(=O)NCC3NCCc4ccccc43)ccc2N1. The van der Waals surface area contributed by atoms with Crippen molar-refractivity contribution in [2.75, 3.05) is 25.0 Å². The standard InChI is InChI=1S/C19H19N3O3/c23-18-11-25-17-9-13(5-6-15(17)22-18)19(24)21-10-16-14-4-2-1-3-12(14)7-8-20-16/h1-6,9,16,20H,7-8,10-11H2,(H,21,24)(H,22,23). The van der Waals surface area contributed by atoms with Crippen molar-refractivity contribution in [2.24, 2.45) is 0 Å². The Morgan fingerprint density at radius 3 is 3.04 bits per heavy atom. The van der Waals surface area contributed by atoms with Crippen molar-refractivity contribution in [1.29, 1.82) is 0 Å². The summed E-state index contributed by atoms with van der Waals surface area (Å²) in [6, 6.07) is 13.5. The van der Waals surface area contributed by atoms with Gasteiger partial charge in [-0.25, -0.2) is 0 Å². The van der Waals surface area contributed by atoms with Gasteiger partial charge in [-0.15, -0.1) is 0 Å². The molecule has 25 heavy (non-hydrogen) atoms. The molecule has 1 unspecified atom stereocenters. The highest BCUT2D eigenvalue weighted by Crippen LogP contribution is 2.28. The zero-order valence-corrected chi connectivity index (χ0v) is 13.7. The highest BCUT2D eigenvalue weighted by Gasteiger charge is 2.21. The average molecular weight is 337 g/mol. The highest BCUT2D eigenvalue weighted by atomic mass is 16.5. The lowest BCUT2D eigenvalue weighted by molar-refractivity contribution is -0.118. The Morgan fingerprint density at radius 1 is 1.24 bits per heavy atom. The third-order valence-corrected chi connectivity index (χ3v) is 4.56. The first kappa shape index (κ1) is 15.7. The Balaban J connectivity index is 1.44. The molecule has 0 bridgehead atoms. The average Bonchev–Trinajstić information content (AvgIpc) is 2.65. The highest BCUT2D eigenvalue weighted by molar-refractivity contribution is 5.99. The Hall–Kier alpha value is -2.86. The molecule has 3 N–H and O–H groups in total. The van der Waals surface area contributed by atoms with Crippen LogP contribution in [0.15, 0.2) is 42.5 Å². The van der Waals surface area contributed by atoms with Crippen LogP contribution in [-0.4, -0.2) is 31.5 Å². The number of ether oxygens (including phenoxy) is 1. The summed E-state index contributed by atoms with van der Waals surface area (Å²) in [5, 5.41) is 9.15. The van der Waals surface area contributed by atoms with E-state index in [-0.39, 0.29) is 24.5 Å². The molecular formula is C19H19N3O3. The maximum Gasteiger partial charge on any atom is 0.262 e. The van der Waals surface area contributed by atoms with E-state index >= 15 is 0 Å². The summed E-state index contributed by atoms with van der Waals surface area (Å²) >= 11 is 0. The van der Waals surface area contributed by atoms with Crippen LogP contribution in [0.2, 0.25) is 0 Å². The maximum atomic E-state index is 12.5. The van der Waals surface area contributed by atoms with Crippen LogP contribution in [0, 0.1) is 0 Å². The Bertz CT molecular complexity index is 834. The minimum atomic E-state index is -0.188. The molecule has 0 aliphatic carbocycles. The van der Waals surface area contributed by atoms with E-state index in [1.807, 2.05) is 12.1 Å². The summed E-state index contributed by atoms with van der Waals surface area (Å²) in [4.78, 5) is 23.8. The van der Waals surface area contributed by atoms with Crippen molar-refractivity contribution in [1.82, 2.24) is 10.6 Å². The second-order valence-electron chi connectivity index (χ2n) is 6.21. The van der Waals surface area contributed by atoms with Gasteiger partial charge in [0.2, 0.25) is 0 Å². The third kappa shape index (κ3) is 3.21. The van der Waals surface area contributed by atoms with Crippen LogP contribution in [-0.2, 0) is 11.2 Å². The molecular weight excluding hydrogens is 318 g/mol. The fourth-order valence-electron chi connectivity index (χ4n) is 3.29. The zero-order chi connectivity index (χ0) is 17.2. The summed E-state index contributed by atoms with van der Waals surface area (Å²) < 4.78 is 5.36. The van der Waals surface area contributed by atoms with E-state index in [1.165, 1.54) is 11.1 Å². The number of benzene rings is 2. The van der Waals surface area contributed by atoms with Gasteiger partial charge in [-0.05, 0) is 42.3 Å². The number of carbonyl (C=O) groups is 2. The van der Waals surface area contributed by atoms with Crippen molar-refractivity contribution in [3.8, 4) is 5.75 Å². The van der Waals surface area contributed by atoms with Crippen molar-refractivity contribution in [3.05, 3.63) is 59.2 Å². The van der Waals surface area contributed by atoms with Crippen LogP contribution in [0.3, 0.4) is 0 Å². The second kappa shape index (κ2) is 6.57. The quantitative estimate of drug-likeness (QED) is 0.795. The van der Waals surface area contributed by atoms with E-state index in [4.69, 9.17) is 4.74 Å². The lowest BCUT2D eigenvalue weighted by atomic mass is 9.94. The Kier molecular flexibility index (Phi) is 4.11. The number of hydrogen-bond acceptors (Lipinski definition) is 4. The first-order chi connectivity index (χ1) is 12.2. The van der Waals surface area contributed by atoms with Gasteiger partial charge in [0, 0.05) is 18.2 Å². The molecule has 2 amide bonds. The molecule has 2 aromatic rings. The summed E-state index contributed by atoms with van der Waals surface area (Å²) in [5.74, 6) is 0.174. The predicted molar refractivity (Wildman–Crippen MR) is 93.8 cm³/mol. The number of amides is 2. The molecule has 2 aromatic carbocycles. The molecule has 0 aromatic heterocycles. The van der Waals surface area contributed by atoms with Crippen LogP contribution in [0.1, 0.15) is 27.5 Å². The molecule has 128 valence electrons. The Labute approximate surface area is 145 Å². The Morgan fingerprint density at radius 2 is 2.12 bits per heavy atom. The summed E-state index contributed by atoms with van der Waals surface area (Å²) in [5.41, 5.74) is 3.68. The van der Waals surface area contributed by atoms with Gasteiger partial charge in [0.05, 0.1) is 5.69 Å². The van der Waals surface area contributed by atoms with Crippen LogP contribution in [0.25, 0.3) is 0 Å². The van der Waals surface area contributed by atoms with Gasteiger partial charge in [0.1, 0.15) is 5.75 Å². The van der Waals surface area contributed by atoms with Gasteiger partial charge < -0.3 is 20.7 Å². The summed E-state index contributed by atoms with van der Waals surface area (Å²) in [6.45, 7) is 1.40. The first-order valence-electron chi connectivity index (χ1n) is 8.37. The molecule has 1 atom stereocenters. The van der Waals surface area contributed by atoms with E-state index in [1.54, 1.807) is 18.2 Å². The van der Waals surface area contributed by atoms with E-state index in [0.717, 1.165) is 13.0 Å². The van der Waals surface area contributed by atoms with Gasteiger partial charge in [-0.2, -0.15) is 0 Å². The minimum Gasteiger partial charge on any atom is -0.482 e. The molecule has 4 rings (SSSR count). The number of rotatable bonds is 3. The molecule has 6 nitrogen and oxygen atoms in total. The molecule has 2 aliphatic rings. The second-order valence-corrected chi connectivity index (χ2v) is 6.21. The normalized spacial score (nSPS) is 18.4. The van der Waals surface area contributed by atoms with Crippen LogP contribution in [0.4, 0.5) is 5.69 Å². The van der Waals surface area contributed by atoms with Crippen molar-refractivity contribution in [3.63, 3.8) is 0 Å². The van der Waals surface area contributed by atoms with Gasteiger partial charge in [0.25, 0.3) is 11.8 Å². The maximum absolute atomic E-state index is 12.5. The fourth-order valence-corrected chi connectivity index (χ4v) is 3.29. The van der Waals surface area contributed by atoms with Gasteiger partial charge in [-0.1, -0.05) is 24.3 Å². The van der Waals surface area contributed by atoms with Gasteiger partial charge >= 0.3 is 0 Å². The fraction of sp³-hybridized carbons (Fsp3) is 0.263. The number of anilines is 1. The molecule has 6 heteroatoms. The zero-order valence-electron chi connectivity index (χ0n) is 13.7. The predicted octanol–water partition coefficient (Wildman–Crippen LogP) is 1.63.